The minimum Gasteiger partial charge on any atom is -0.497 e. The monoisotopic (exact) mass is 396 g/mol. The summed E-state index contributed by atoms with van der Waals surface area (Å²) in [5.41, 5.74) is 2.13. The van der Waals surface area contributed by atoms with E-state index in [1.54, 1.807) is 19.3 Å². The molecule has 0 radical (unpaired) electrons. The molecule has 4 aliphatic rings. The number of allylic oxidation sites excluding steroid dienone is 11. The normalized spacial score (nSPS) is 31.6. The van der Waals surface area contributed by atoms with Crippen LogP contribution in [0.1, 0.15) is 26.2 Å². The molecule has 152 valence electrons. The molecule has 0 spiro atoms. The van der Waals surface area contributed by atoms with E-state index in [2.05, 4.69) is 24.0 Å². The van der Waals surface area contributed by atoms with Crippen molar-refractivity contribution in [2.24, 2.45) is 16.8 Å². The third kappa shape index (κ3) is 4.04. The largest absolute Gasteiger partial charge is 0.497 e. The molecule has 1 heterocycles. The van der Waals surface area contributed by atoms with Crippen LogP contribution in [0.2, 0.25) is 0 Å². The van der Waals surface area contributed by atoms with Gasteiger partial charge in [0.1, 0.15) is 23.6 Å². The Bertz CT molecular complexity index is 904. The predicted molar refractivity (Wildman–Crippen MR) is 112 cm³/mol. The van der Waals surface area contributed by atoms with Crippen LogP contribution in [0, 0.1) is 11.8 Å². The molecule has 0 aromatic carbocycles. The van der Waals surface area contributed by atoms with E-state index in [9.17, 15) is 8.78 Å². The molecule has 0 aromatic heterocycles. The number of rotatable bonds is 4. The summed E-state index contributed by atoms with van der Waals surface area (Å²) in [6.45, 7) is 2.15. The van der Waals surface area contributed by atoms with Crippen molar-refractivity contribution in [2.75, 3.05) is 7.11 Å². The molecule has 0 N–H and O–H groups in total. The Morgan fingerprint density at radius 3 is 2.38 bits per heavy atom. The van der Waals surface area contributed by atoms with Crippen molar-refractivity contribution in [1.82, 2.24) is 4.90 Å². The van der Waals surface area contributed by atoms with E-state index >= 15 is 0 Å². The summed E-state index contributed by atoms with van der Waals surface area (Å²) >= 11 is 0. The van der Waals surface area contributed by atoms with Crippen molar-refractivity contribution in [1.29, 1.82) is 0 Å². The first kappa shape index (κ1) is 19.6. The first-order chi connectivity index (χ1) is 14.1. The smallest absolute Gasteiger partial charge is 0.128 e. The Labute approximate surface area is 170 Å². The number of nitrogens with zero attached hydrogens (tertiary/aromatic N) is 2. The van der Waals surface area contributed by atoms with E-state index in [-0.39, 0.29) is 35.7 Å². The van der Waals surface area contributed by atoms with Gasteiger partial charge in [-0.15, -0.1) is 0 Å². The third-order valence-electron chi connectivity index (χ3n) is 5.91. The SMILES string of the molecule is COC1=CCC=C(N2C(C)C(C3C=CC(F)=CC3)=NC2C2C=CC(F)=CC2)C=C1. The molecule has 4 rings (SSSR count). The van der Waals surface area contributed by atoms with Crippen molar-refractivity contribution in [3.8, 4) is 0 Å². The average Bonchev–Trinajstić information content (AvgIpc) is 2.91. The maximum absolute atomic E-state index is 13.5. The van der Waals surface area contributed by atoms with E-state index in [4.69, 9.17) is 9.73 Å². The van der Waals surface area contributed by atoms with Crippen molar-refractivity contribution in [3.05, 3.63) is 83.9 Å². The highest BCUT2D eigenvalue weighted by Crippen LogP contribution is 2.37. The molecule has 0 saturated heterocycles. The fraction of sp³-hybridized carbons (Fsp3) is 0.375. The van der Waals surface area contributed by atoms with Crippen LogP contribution in [0.15, 0.2) is 88.9 Å². The number of hydrogen-bond donors (Lipinski definition) is 0. The van der Waals surface area contributed by atoms with Crippen LogP contribution in [0.25, 0.3) is 0 Å². The molecule has 5 heteroatoms. The van der Waals surface area contributed by atoms with Crippen molar-refractivity contribution < 1.29 is 13.5 Å². The zero-order valence-electron chi connectivity index (χ0n) is 16.8. The van der Waals surface area contributed by atoms with Crippen molar-refractivity contribution in [3.63, 3.8) is 0 Å². The van der Waals surface area contributed by atoms with E-state index in [0.29, 0.717) is 12.8 Å². The van der Waals surface area contributed by atoms with E-state index in [1.807, 2.05) is 24.3 Å². The van der Waals surface area contributed by atoms with Gasteiger partial charge in [-0.05, 0) is 68.7 Å². The van der Waals surface area contributed by atoms with Gasteiger partial charge in [0.05, 0.1) is 13.2 Å². The number of hydrogen-bond acceptors (Lipinski definition) is 3. The van der Waals surface area contributed by atoms with E-state index < -0.39 is 0 Å². The Balaban J connectivity index is 1.65. The molecule has 3 aliphatic carbocycles. The summed E-state index contributed by atoms with van der Waals surface area (Å²) in [6, 6.07) is 0.0633. The fourth-order valence-corrected chi connectivity index (χ4v) is 4.37. The Morgan fingerprint density at radius 2 is 1.72 bits per heavy atom. The van der Waals surface area contributed by atoms with Crippen LogP contribution in [0.3, 0.4) is 0 Å². The maximum Gasteiger partial charge on any atom is 0.128 e. The lowest BCUT2D eigenvalue weighted by Gasteiger charge is -2.35. The zero-order chi connectivity index (χ0) is 20.4. The molecule has 29 heavy (non-hydrogen) atoms. The lowest BCUT2D eigenvalue weighted by atomic mass is 9.91. The standard InChI is InChI=1S/C24H26F2N2O/c1-16-23(17-6-10-19(25)11-7-17)27-24(18-8-12-20(26)13-9-18)28(16)21-4-3-5-22(29-2)15-14-21/h4-6,8,10-18,24H,3,7,9H2,1-2H3. The molecule has 0 aromatic rings. The summed E-state index contributed by atoms with van der Waals surface area (Å²) in [7, 11) is 1.67. The van der Waals surface area contributed by atoms with Gasteiger partial charge in [0.2, 0.25) is 0 Å². The topological polar surface area (TPSA) is 24.8 Å². The minimum absolute atomic E-state index is 0.0633. The Hall–Kier alpha value is -2.69. The number of ether oxygens (including phenoxy) is 1. The van der Waals surface area contributed by atoms with E-state index in [0.717, 1.165) is 23.6 Å². The number of aliphatic imine (C=N–C) groups is 1. The predicted octanol–water partition coefficient (Wildman–Crippen LogP) is 5.69. The summed E-state index contributed by atoms with van der Waals surface area (Å²) in [5, 5.41) is 0. The van der Waals surface area contributed by atoms with Gasteiger partial charge in [0, 0.05) is 23.2 Å². The van der Waals surface area contributed by atoms with Gasteiger partial charge in [-0.3, -0.25) is 4.99 Å². The molecule has 1 aliphatic heterocycles. The van der Waals surface area contributed by atoms with Crippen LogP contribution in [-0.2, 0) is 4.74 Å². The lowest BCUT2D eigenvalue weighted by molar-refractivity contribution is 0.224. The second kappa shape index (κ2) is 8.36. The van der Waals surface area contributed by atoms with Crippen LogP contribution in [0.4, 0.5) is 8.78 Å². The van der Waals surface area contributed by atoms with Crippen molar-refractivity contribution >= 4 is 5.71 Å². The molecular formula is C24H26F2N2O. The quantitative estimate of drug-likeness (QED) is 0.610. The highest BCUT2D eigenvalue weighted by Gasteiger charge is 2.40. The van der Waals surface area contributed by atoms with Crippen LogP contribution < -0.4 is 0 Å². The molecule has 4 atom stereocenters. The highest BCUT2D eigenvalue weighted by molar-refractivity contribution is 5.95. The fourth-order valence-electron chi connectivity index (χ4n) is 4.37. The second-order valence-corrected chi connectivity index (χ2v) is 7.70. The van der Waals surface area contributed by atoms with E-state index in [1.165, 1.54) is 12.2 Å². The van der Waals surface area contributed by atoms with Gasteiger partial charge >= 0.3 is 0 Å². The minimum atomic E-state index is -0.193. The number of halogens is 2. The molecular weight excluding hydrogens is 370 g/mol. The first-order valence-corrected chi connectivity index (χ1v) is 10.1. The highest BCUT2D eigenvalue weighted by atomic mass is 19.1. The maximum atomic E-state index is 13.5. The summed E-state index contributed by atoms with van der Waals surface area (Å²) < 4.78 is 32.4. The second-order valence-electron chi connectivity index (χ2n) is 7.70. The molecule has 0 fully saturated rings. The molecule has 0 saturated carbocycles. The van der Waals surface area contributed by atoms with Gasteiger partial charge in [0.15, 0.2) is 0 Å². The Morgan fingerprint density at radius 1 is 0.966 bits per heavy atom. The Kier molecular flexibility index (Phi) is 5.65. The third-order valence-corrected chi connectivity index (χ3v) is 5.91. The van der Waals surface area contributed by atoms with Crippen LogP contribution in [0.5, 0.6) is 0 Å². The zero-order valence-corrected chi connectivity index (χ0v) is 16.8. The molecule has 0 bridgehead atoms. The van der Waals surface area contributed by atoms with Crippen molar-refractivity contribution in [2.45, 2.75) is 38.4 Å². The van der Waals surface area contributed by atoms with Crippen LogP contribution >= 0.6 is 0 Å². The summed E-state index contributed by atoms with van der Waals surface area (Å²) in [4.78, 5) is 7.42. The lowest BCUT2D eigenvalue weighted by Crippen LogP contribution is -2.41. The van der Waals surface area contributed by atoms with Gasteiger partial charge in [-0.25, -0.2) is 8.78 Å². The molecule has 3 nitrogen and oxygen atoms in total. The average molecular weight is 396 g/mol. The summed E-state index contributed by atoms with van der Waals surface area (Å²) in [5.74, 6) is 0.617. The van der Waals surface area contributed by atoms with Gasteiger partial charge in [-0.1, -0.05) is 18.2 Å². The number of methoxy groups -OCH3 is 1. The molecule has 4 unspecified atom stereocenters. The van der Waals surface area contributed by atoms with Gasteiger partial charge in [0.25, 0.3) is 0 Å². The summed E-state index contributed by atoms with van der Waals surface area (Å²) in [6.07, 6.45) is 20.2. The van der Waals surface area contributed by atoms with Gasteiger partial charge < -0.3 is 9.64 Å². The molecule has 0 amide bonds. The van der Waals surface area contributed by atoms with Crippen LogP contribution in [-0.4, -0.2) is 29.9 Å². The van der Waals surface area contributed by atoms with Gasteiger partial charge in [-0.2, -0.15) is 0 Å². The first-order valence-electron chi connectivity index (χ1n) is 10.1.